The van der Waals surface area contributed by atoms with E-state index in [2.05, 4.69) is 10.1 Å². The van der Waals surface area contributed by atoms with Gasteiger partial charge in [-0.25, -0.2) is 4.39 Å². The second kappa shape index (κ2) is 3.37. The third-order valence-corrected chi connectivity index (χ3v) is 1.65. The van der Waals surface area contributed by atoms with Gasteiger partial charge in [-0.3, -0.25) is 4.79 Å². The number of benzene rings is 1. The lowest BCUT2D eigenvalue weighted by molar-refractivity contribution is 0.111. The van der Waals surface area contributed by atoms with Crippen molar-refractivity contribution >= 4 is 6.29 Å². The molecule has 0 unspecified atom stereocenters. The smallest absolute Gasteiger partial charge is 0.261 e. The summed E-state index contributed by atoms with van der Waals surface area (Å²) in [4.78, 5) is 13.9. The first-order valence-electron chi connectivity index (χ1n) is 3.85. The van der Waals surface area contributed by atoms with Crippen LogP contribution in [0.15, 0.2) is 28.8 Å². The van der Waals surface area contributed by atoms with E-state index in [-0.39, 0.29) is 17.3 Å². The molecule has 0 aliphatic carbocycles. The van der Waals surface area contributed by atoms with Crippen molar-refractivity contribution in [3.8, 4) is 11.5 Å². The molecule has 0 atom stereocenters. The Bertz CT molecular complexity index is 467. The van der Waals surface area contributed by atoms with Gasteiger partial charge < -0.3 is 4.52 Å². The summed E-state index contributed by atoms with van der Waals surface area (Å²) in [6.07, 6.45) is 0.438. The molecule has 0 aliphatic heterocycles. The lowest BCUT2D eigenvalue weighted by Crippen LogP contribution is -1.84. The Labute approximate surface area is 78.4 Å². The van der Waals surface area contributed by atoms with Crippen LogP contribution in [-0.2, 0) is 0 Å². The van der Waals surface area contributed by atoms with Crippen molar-refractivity contribution in [2.24, 2.45) is 0 Å². The molecule has 0 radical (unpaired) electrons. The fourth-order valence-electron chi connectivity index (χ4n) is 1.03. The topological polar surface area (TPSA) is 56.0 Å². The highest BCUT2D eigenvalue weighted by atomic mass is 19.1. The molecule has 0 saturated carbocycles. The van der Waals surface area contributed by atoms with Crippen LogP contribution < -0.4 is 0 Å². The number of carbonyl (C=O) groups is 1. The zero-order valence-electron chi connectivity index (χ0n) is 6.98. The third kappa shape index (κ3) is 1.39. The van der Waals surface area contributed by atoms with Gasteiger partial charge in [-0.1, -0.05) is 17.3 Å². The minimum absolute atomic E-state index is 0.00481. The summed E-state index contributed by atoms with van der Waals surface area (Å²) in [5.74, 6) is -0.554. The van der Waals surface area contributed by atoms with E-state index in [0.29, 0.717) is 6.29 Å². The maximum atomic E-state index is 13.2. The van der Waals surface area contributed by atoms with Gasteiger partial charge in [0.15, 0.2) is 6.29 Å². The number of aromatic nitrogens is 2. The largest absolute Gasteiger partial charge is 0.333 e. The summed E-state index contributed by atoms with van der Waals surface area (Å²) in [7, 11) is 0. The van der Waals surface area contributed by atoms with E-state index in [9.17, 15) is 9.18 Å². The molecule has 1 aromatic heterocycles. The molecule has 0 amide bonds. The average Bonchev–Trinajstić information content (AvgIpc) is 2.67. The Balaban J connectivity index is 2.49. The number of rotatable bonds is 2. The van der Waals surface area contributed by atoms with Gasteiger partial charge in [-0.15, -0.1) is 0 Å². The lowest BCUT2D eigenvalue weighted by Gasteiger charge is -1.93. The van der Waals surface area contributed by atoms with Crippen LogP contribution in [0.2, 0.25) is 0 Å². The zero-order chi connectivity index (χ0) is 9.97. The Morgan fingerprint density at radius 3 is 2.79 bits per heavy atom. The fourth-order valence-corrected chi connectivity index (χ4v) is 1.03. The summed E-state index contributed by atoms with van der Waals surface area (Å²) in [5.41, 5.74) is 0.188. The van der Waals surface area contributed by atoms with Gasteiger partial charge in [0.05, 0.1) is 5.56 Å². The molecule has 0 fully saturated rings. The number of halogens is 1. The number of hydrogen-bond acceptors (Lipinski definition) is 4. The van der Waals surface area contributed by atoms with Gasteiger partial charge in [0, 0.05) is 0 Å². The van der Waals surface area contributed by atoms with Gasteiger partial charge in [0.1, 0.15) is 5.82 Å². The molecule has 2 aromatic rings. The van der Waals surface area contributed by atoms with Crippen LogP contribution in [0.4, 0.5) is 4.39 Å². The van der Waals surface area contributed by atoms with Gasteiger partial charge in [-0.05, 0) is 12.1 Å². The molecular formula is C9H5FN2O2. The predicted octanol–water partition coefficient (Wildman–Crippen LogP) is 1.69. The normalized spacial score (nSPS) is 10.1. The Kier molecular flexibility index (Phi) is 2.06. The Hall–Kier alpha value is -2.04. The van der Waals surface area contributed by atoms with Crippen molar-refractivity contribution in [1.82, 2.24) is 10.1 Å². The van der Waals surface area contributed by atoms with Crippen molar-refractivity contribution in [1.29, 1.82) is 0 Å². The van der Waals surface area contributed by atoms with E-state index in [1.807, 2.05) is 0 Å². The molecule has 4 nitrogen and oxygen atoms in total. The highest BCUT2D eigenvalue weighted by Gasteiger charge is 2.11. The zero-order valence-corrected chi connectivity index (χ0v) is 6.98. The van der Waals surface area contributed by atoms with Crippen LogP contribution >= 0.6 is 0 Å². The Morgan fingerprint density at radius 2 is 2.14 bits per heavy atom. The molecule has 14 heavy (non-hydrogen) atoms. The van der Waals surface area contributed by atoms with Crippen molar-refractivity contribution < 1.29 is 13.7 Å². The molecule has 1 aromatic carbocycles. The number of aldehydes is 1. The highest BCUT2D eigenvalue weighted by Crippen LogP contribution is 2.19. The minimum atomic E-state index is -0.464. The molecule has 1 heterocycles. The van der Waals surface area contributed by atoms with E-state index in [4.69, 9.17) is 4.52 Å². The summed E-state index contributed by atoms with van der Waals surface area (Å²) < 4.78 is 17.9. The van der Waals surface area contributed by atoms with E-state index < -0.39 is 5.82 Å². The maximum absolute atomic E-state index is 13.2. The standard InChI is InChI=1S/C9H5FN2O2/c10-7-4-2-1-3-6(7)9-11-8(5-13)12-14-9/h1-5H. The molecule has 5 heteroatoms. The van der Waals surface area contributed by atoms with Crippen LogP contribution in [0.5, 0.6) is 0 Å². The quantitative estimate of drug-likeness (QED) is 0.679. The highest BCUT2D eigenvalue weighted by molar-refractivity contribution is 5.69. The molecule has 0 aliphatic rings. The van der Waals surface area contributed by atoms with Gasteiger partial charge in [0.25, 0.3) is 5.89 Å². The van der Waals surface area contributed by atoms with Crippen molar-refractivity contribution in [3.63, 3.8) is 0 Å². The van der Waals surface area contributed by atoms with E-state index in [1.165, 1.54) is 12.1 Å². The van der Waals surface area contributed by atoms with Crippen LogP contribution in [0, 0.1) is 5.82 Å². The number of hydrogen-bond donors (Lipinski definition) is 0. The van der Waals surface area contributed by atoms with Crippen LogP contribution in [0.1, 0.15) is 10.6 Å². The molecule has 0 saturated heterocycles. The predicted molar refractivity (Wildman–Crippen MR) is 45.1 cm³/mol. The van der Waals surface area contributed by atoms with Crippen LogP contribution in [0.3, 0.4) is 0 Å². The second-order valence-electron chi connectivity index (χ2n) is 2.56. The van der Waals surface area contributed by atoms with Crippen LogP contribution in [-0.4, -0.2) is 16.4 Å². The summed E-state index contributed by atoms with van der Waals surface area (Å²) in [6, 6.07) is 5.97. The summed E-state index contributed by atoms with van der Waals surface area (Å²) >= 11 is 0. The molecule has 70 valence electrons. The molecule has 2 rings (SSSR count). The Morgan fingerprint density at radius 1 is 1.36 bits per heavy atom. The van der Waals surface area contributed by atoms with E-state index in [1.54, 1.807) is 12.1 Å². The molecule has 0 bridgehead atoms. The van der Waals surface area contributed by atoms with E-state index >= 15 is 0 Å². The van der Waals surface area contributed by atoms with Crippen molar-refractivity contribution in [3.05, 3.63) is 35.9 Å². The maximum Gasteiger partial charge on any atom is 0.261 e. The minimum Gasteiger partial charge on any atom is -0.333 e. The van der Waals surface area contributed by atoms with Gasteiger partial charge >= 0.3 is 0 Å². The lowest BCUT2D eigenvalue weighted by atomic mass is 10.2. The third-order valence-electron chi connectivity index (χ3n) is 1.65. The first-order valence-corrected chi connectivity index (χ1v) is 3.85. The monoisotopic (exact) mass is 192 g/mol. The number of carbonyl (C=O) groups excluding carboxylic acids is 1. The summed E-state index contributed by atoms with van der Waals surface area (Å²) in [5, 5.41) is 3.33. The van der Waals surface area contributed by atoms with E-state index in [0.717, 1.165) is 0 Å². The molecular weight excluding hydrogens is 187 g/mol. The fraction of sp³-hybridized carbons (Fsp3) is 0. The first-order chi connectivity index (χ1) is 6.81. The second-order valence-corrected chi connectivity index (χ2v) is 2.56. The van der Waals surface area contributed by atoms with Crippen LogP contribution in [0.25, 0.3) is 11.5 Å². The SMILES string of the molecule is O=Cc1noc(-c2ccccc2F)n1. The van der Waals surface area contributed by atoms with Crippen molar-refractivity contribution in [2.45, 2.75) is 0 Å². The average molecular weight is 192 g/mol. The molecule has 0 N–H and O–H groups in total. The van der Waals surface area contributed by atoms with Gasteiger partial charge in [-0.2, -0.15) is 4.98 Å². The molecule has 0 spiro atoms. The number of nitrogens with zero attached hydrogens (tertiary/aromatic N) is 2. The van der Waals surface area contributed by atoms with Gasteiger partial charge in [0.2, 0.25) is 5.82 Å². The summed E-state index contributed by atoms with van der Waals surface area (Å²) in [6.45, 7) is 0. The first kappa shape index (κ1) is 8.55. The van der Waals surface area contributed by atoms with Crippen molar-refractivity contribution in [2.75, 3.05) is 0 Å².